The summed E-state index contributed by atoms with van der Waals surface area (Å²) in [5, 5.41) is 3.52. The van der Waals surface area contributed by atoms with Gasteiger partial charge in [-0.1, -0.05) is 12.1 Å². The van der Waals surface area contributed by atoms with Crippen molar-refractivity contribution in [3.63, 3.8) is 0 Å². The van der Waals surface area contributed by atoms with Gasteiger partial charge in [0.05, 0.1) is 13.2 Å². The molecule has 0 atom stereocenters. The maximum Gasteiger partial charge on any atom is 0.0594 e. The summed E-state index contributed by atoms with van der Waals surface area (Å²) in [6.07, 6.45) is 1.20. The highest BCUT2D eigenvalue weighted by atomic mass is 16.5. The lowest BCUT2D eigenvalue weighted by atomic mass is 10.2. The fourth-order valence-electron chi connectivity index (χ4n) is 2.40. The van der Waals surface area contributed by atoms with Gasteiger partial charge < -0.3 is 15.0 Å². The summed E-state index contributed by atoms with van der Waals surface area (Å²) >= 11 is 0. The Kier molecular flexibility index (Phi) is 6.30. The average Bonchev–Trinajstić information content (AvgIpc) is 2.48. The fourth-order valence-corrected chi connectivity index (χ4v) is 2.40. The highest BCUT2D eigenvalue weighted by molar-refractivity contribution is 5.45. The van der Waals surface area contributed by atoms with E-state index in [0.29, 0.717) is 0 Å². The van der Waals surface area contributed by atoms with E-state index >= 15 is 0 Å². The summed E-state index contributed by atoms with van der Waals surface area (Å²) in [6, 6.07) is 8.74. The van der Waals surface area contributed by atoms with Crippen LogP contribution in [0.3, 0.4) is 0 Å². The van der Waals surface area contributed by atoms with Crippen LogP contribution < -0.4 is 10.2 Å². The summed E-state index contributed by atoms with van der Waals surface area (Å²) in [5.74, 6) is 0. The third-order valence-electron chi connectivity index (χ3n) is 3.71. The number of benzene rings is 1. The molecule has 112 valence electrons. The minimum atomic E-state index is 0.894. The molecule has 2 rings (SSSR count). The van der Waals surface area contributed by atoms with Gasteiger partial charge >= 0.3 is 0 Å². The van der Waals surface area contributed by atoms with Gasteiger partial charge in [0.1, 0.15) is 0 Å². The van der Waals surface area contributed by atoms with Crippen molar-refractivity contribution < 1.29 is 4.74 Å². The summed E-state index contributed by atoms with van der Waals surface area (Å²) in [4.78, 5) is 4.61. The van der Waals surface area contributed by atoms with Gasteiger partial charge in [-0.2, -0.15) is 0 Å². The second kappa shape index (κ2) is 8.25. The molecule has 1 saturated heterocycles. The van der Waals surface area contributed by atoms with E-state index < -0.39 is 0 Å². The molecular weight excluding hydrogens is 250 g/mol. The molecule has 0 spiro atoms. The van der Waals surface area contributed by atoms with Crippen LogP contribution in [-0.4, -0.2) is 58.4 Å². The molecule has 0 radical (unpaired) electrons. The quantitative estimate of drug-likeness (QED) is 0.766. The lowest BCUT2D eigenvalue weighted by Crippen LogP contribution is -2.37. The molecule has 1 aromatic carbocycles. The smallest absolute Gasteiger partial charge is 0.0594 e. The van der Waals surface area contributed by atoms with Gasteiger partial charge in [0, 0.05) is 39.4 Å². The zero-order chi connectivity index (χ0) is 14.2. The fraction of sp³-hybridized carbons (Fsp3) is 0.625. The first-order valence-electron chi connectivity index (χ1n) is 7.53. The van der Waals surface area contributed by atoms with Gasteiger partial charge in [-0.05, 0) is 37.2 Å². The molecule has 4 nitrogen and oxygen atoms in total. The summed E-state index contributed by atoms with van der Waals surface area (Å²) in [6.45, 7) is 7.18. The molecule has 1 aliphatic rings. The number of anilines is 1. The van der Waals surface area contributed by atoms with Gasteiger partial charge in [0.2, 0.25) is 0 Å². The van der Waals surface area contributed by atoms with E-state index in [-0.39, 0.29) is 0 Å². The second-order valence-electron chi connectivity index (χ2n) is 5.55. The SMILES string of the molecule is CN(C)c1ccc(CNCCCN2CCOCC2)cc1. The van der Waals surface area contributed by atoms with Crippen LogP contribution in [-0.2, 0) is 11.3 Å². The van der Waals surface area contributed by atoms with Gasteiger partial charge in [-0.25, -0.2) is 0 Å². The predicted octanol–water partition coefficient (Wildman–Crippen LogP) is 1.56. The van der Waals surface area contributed by atoms with Crippen molar-refractivity contribution in [3.05, 3.63) is 29.8 Å². The van der Waals surface area contributed by atoms with Gasteiger partial charge in [-0.3, -0.25) is 4.90 Å². The van der Waals surface area contributed by atoms with Crippen molar-refractivity contribution in [2.75, 3.05) is 58.4 Å². The molecule has 0 aliphatic carbocycles. The normalized spacial score (nSPS) is 16.3. The predicted molar refractivity (Wildman–Crippen MR) is 84.4 cm³/mol. The number of rotatable bonds is 7. The van der Waals surface area contributed by atoms with E-state index in [1.165, 1.54) is 24.2 Å². The number of morpholine rings is 1. The van der Waals surface area contributed by atoms with Crippen LogP contribution in [0.25, 0.3) is 0 Å². The monoisotopic (exact) mass is 277 g/mol. The van der Waals surface area contributed by atoms with E-state index in [1.54, 1.807) is 0 Å². The number of ether oxygens (including phenoxy) is 1. The topological polar surface area (TPSA) is 27.7 Å². The van der Waals surface area contributed by atoms with Gasteiger partial charge in [-0.15, -0.1) is 0 Å². The number of hydrogen-bond donors (Lipinski definition) is 1. The van der Waals surface area contributed by atoms with Crippen LogP contribution in [0.4, 0.5) is 5.69 Å². The first-order valence-corrected chi connectivity index (χ1v) is 7.53. The van der Waals surface area contributed by atoms with Crippen LogP contribution in [0.15, 0.2) is 24.3 Å². The van der Waals surface area contributed by atoms with Crippen LogP contribution in [0.1, 0.15) is 12.0 Å². The Hall–Kier alpha value is -1.10. The van der Waals surface area contributed by atoms with Crippen LogP contribution >= 0.6 is 0 Å². The molecule has 0 amide bonds. The standard InChI is InChI=1S/C16H27N3O/c1-18(2)16-6-4-15(5-7-16)14-17-8-3-9-19-10-12-20-13-11-19/h4-7,17H,3,8-14H2,1-2H3. The molecule has 20 heavy (non-hydrogen) atoms. The molecule has 1 aromatic rings. The van der Waals surface area contributed by atoms with Crippen molar-refractivity contribution in [1.29, 1.82) is 0 Å². The second-order valence-corrected chi connectivity index (χ2v) is 5.55. The highest BCUT2D eigenvalue weighted by Crippen LogP contribution is 2.11. The largest absolute Gasteiger partial charge is 0.379 e. The Morgan fingerprint density at radius 3 is 2.50 bits per heavy atom. The molecule has 0 unspecified atom stereocenters. The highest BCUT2D eigenvalue weighted by Gasteiger charge is 2.08. The first-order chi connectivity index (χ1) is 9.75. The molecule has 1 N–H and O–H groups in total. The van der Waals surface area contributed by atoms with Gasteiger partial charge in [0.15, 0.2) is 0 Å². The molecule has 4 heteroatoms. The third-order valence-corrected chi connectivity index (χ3v) is 3.71. The molecule has 1 aliphatic heterocycles. The third kappa shape index (κ3) is 5.12. The Labute approximate surface area is 122 Å². The Morgan fingerprint density at radius 1 is 1.15 bits per heavy atom. The van der Waals surface area contributed by atoms with Crippen LogP contribution in [0.2, 0.25) is 0 Å². The number of nitrogens with one attached hydrogen (secondary N) is 1. The molecular formula is C16H27N3O. The lowest BCUT2D eigenvalue weighted by molar-refractivity contribution is 0.0374. The van der Waals surface area contributed by atoms with Crippen molar-refractivity contribution >= 4 is 5.69 Å². The van der Waals surface area contributed by atoms with E-state index in [9.17, 15) is 0 Å². The Bertz CT molecular complexity index is 372. The number of nitrogens with zero attached hydrogens (tertiary/aromatic N) is 2. The maximum atomic E-state index is 5.35. The van der Waals surface area contributed by atoms with E-state index in [2.05, 4.69) is 53.5 Å². The van der Waals surface area contributed by atoms with Crippen molar-refractivity contribution in [2.45, 2.75) is 13.0 Å². The molecule has 1 heterocycles. The van der Waals surface area contributed by atoms with Crippen molar-refractivity contribution in [2.24, 2.45) is 0 Å². The minimum Gasteiger partial charge on any atom is -0.379 e. The lowest BCUT2D eigenvalue weighted by Gasteiger charge is -2.26. The van der Waals surface area contributed by atoms with E-state index in [1.807, 2.05) is 0 Å². The summed E-state index contributed by atoms with van der Waals surface area (Å²) < 4.78 is 5.35. The zero-order valence-electron chi connectivity index (χ0n) is 12.8. The average molecular weight is 277 g/mol. The summed E-state index contributed by atoms with van der Waals surface area (Å²) in [7, 11) is 4.14. The van der Waals surface area contributed by atoms with Crippen molar-refractivity contribution in [3.8, 4) is 0 Å². The minimum absolute atomic E-state index is 0.894. The van der Waals surface area contributed by atoms with E-state index in [0.717, 1.165) is 39.4 Å². The molecule has 0 saturated carbocycles. The van der Waals surface area contributed by atoms with Crippen LogP contribution in [0.5, 0.6) is 0 Å². The number of hydrogen-bond acceptors (Lipinski definition) is 4. The maximum absolute atomic E-state index is 5.35. The first kappa shape index (κ1) is 15.3. The van der Waals surface area contributed by atoms with Crippen LogP contribution in [0, 0.1) is 0 Å². The molecule has 0 aromatic heterocycles. The zero-order valence-corrected chi connectivity index (χ0v) is 12.8. The molecule has 0 bridgehead atoms. The molecule has 1 fully saturated rings. The van der Waals surface area contributed by atoms with Gasteiger partial charge in [0.25, 0.3) is 0 Å². The Balaban J connectivity index is 1.58. The Morgan fingerprint density at radius 2 is 1.85 bits per heavy atom. The van der Waals surface area contributed by atoms with E-state index in [4.69, 9.17) is 4.74 Å². The summed E-state index contributed by atoms with van der Waals surface area (Å²) in [5.41, 5.74) is 2.60. The van der Waals surface area contributed by atoms with Crippen molar-refractivity contribution in [1.82, 2.24) is 10.2 Å².